The van der Waals surface area contributed by atoms with Gasteiger partial charge in [-0.15, -0.1) is 0 Å². The maximum absolute atomic E-state index is 12.7. The average Bonchev–Trinajstić information content (AvgIpc) is 2.80. The fraction of sp³-hybridized carbons (Fsp3) is 0.444. The Labute approximate surface area is 140 Å². The third-order valence-corrected chi connectivity index (χ3v) is 4.95. The molecule has 4 amide bonds. The fourth-order valence-electron chi connectivity index (χ4n) is 3.57. The van der Waals surface area contributed by atoms with Gasteiger partial charge in [0.25, 0.3) is 0 Å². The molecule has 0 N–H and O–H groups in total. The first-order valence-electron chi connectivity index (χ1n) is 8.21. The van der Waals surface area contributed by atoms with Crippen molar-refractivity contribution in [1.82, 2.24) is 9.80 Å². The molecule has 3 rings (SSSR count). The van der Waals surface area contributed by atoms with Gasteiger partial charge in [0.2, 0.25) is 0 Å². The number of nitrogens with zero attached hydrogens (tertiary/aromatic N) is 3. The average molecular weight is 325 g/mol. The minimum absolute atomic E-state index is 0.0509. The zero-order chi connectivity index (χ0) is 17.3. The number of carbonyl (C=O) groups excluding carboxylic acids is 3. The first-order valence-corrected chi connectivity index (χ1v) is 8.21. The molecule has 6 nitrogen and oxygen atoms in total. The zero-order valence-electron chi connectivity index (χ0n) is 13.6. The minimum Gasteiger partial charge on any atom is -0.263 e. The molecule has 2 fully saturated rings. The number of nitriles is 1. The molecule has 2 atom stereocenters. The molecule has 1 aliphatic carbocycles. The van der Waals surface area contributed by atoms with Crippen LogP contribution in [0.15, 0.2) is 24.3 Å². The van der Waals surface area contributed by atoms with Crippen molar-refractivity contribution in [2.75, 3.05) is 0 Å². The maximum atomic E-state index is 12.7. The Hall–Kier alpha value is -2.68. The molecule has 24 heavy (non-hydrogen) atoms. The fourth-order valence-corrected chi connectivity index (χ4v) is 3.57. The molecule has 2 aliphatic rings. The van der Waals surface area contributed by atoms with Gasteiger partial charge in [-0.2, -0.15) is 5.26 Å². The van der Waals surface area contributed by atoms with Crippen molar-refractivity contribution in [3.63, 3.8) is 0 Å². The Morgan fingerprint density at radius 1 is 1.12 bits per heavy atom. The summed E-state index contributed by atoms with van der Waals surface area (Å²) < 4.78 is 0. The number of hydrogen-bond acceptors (Lipinski definition) is 4. The molecule has 1 heterocycles. The molecule has 6 heteroatoms. The van der Waals surface area contributed by atoms with Crippen LogP contribution in [-0.4, -0.2) is 33.7 Å². The molecule has 0 spiro atoms. The normalized spacial score (nSPS) is 24.4. The van der Waals surface area contributed by atoms with E-state index in [9.17, 15) is 14.4 Å². The summed E-state index contributed by atoms with van der Waals surface area (Å²) in [5, 5.41) is 9.15. The highest BCUT2D eigenvalue weighted by molar-refractivity contribution is 6.44. The van der Waals surface area contributed by atoms with Gasteiger partial charge >= 0.3 is 17.8 Å². The van der Waals surface area contributed by atoms with Crippen LogP contribution in [-0.2, 0) is 16.1 Å². The molecule has 0 unspecified atom stereocenters. The lowest BCUT2D eigenvalue weighted by atomic mass is 9.85. The number of urea groups is 1. The summed E-state index contributed by atoms with van der Waals surface area (Å²) in [6.45, 7) is 1.97. The number of carbonyl (C=O) groups is 3. The Balaban J connectivity index is 1.85. The first kappa shape index (κ1) is 16.2. The van der Waals surface area contributed by atoms with Gasteiger partial charge in [0.1, 0.15) is 0 Å². The summed E-state index contributed by atoms with van der Waals surface area (Å²) in [7, 11) is 0. The van der Waals surface area contributed by atoms with E-state index in [4.69, 9.17) is 5.26 Å². The molecule has 1 aliphatic heterocycles. The van der Waals surface area contributed by atoms with E-state index in [1.54, 1.807) is 24.3 Å². The summed E-state index contributed by atoms with van der Waals surface area (Å²) in [4.78, 5) is 39.5. The van der Waals surface area contributed by atoms with Crippen LogP contribution in [0.2, 0.25) is 0 Å². The molecule has 0 aromatic heterocycles. The zero-order valence-corrected chi connectivity index (χ0v) is 13.6. The second kappa shape index (κ2) is 6.44. The van der Waals surface area contributed by atoms with Gasteiger partial charge in [0, 0.05) is 6.04 Å². The third kappa shape index (κ3) is 2.67. The molecule has 0 radical (unpaired) electrons. The highest BCUT2D eigenvalue weighted by Gasteiger charge is 2.49. The van der Waals surface area contributed by atoms with Crippen LogP contribution in [0.5, 0.6) is 0 Å². The number of amides is 4. The van der Waals surface area contributed by atoms with Crippen molar-refractivity contribution in [1.29, 1.82) is 5.26 Å². The molecular weight excluding hydrogens is 306 g/mol. The lowest BCUT2D eigenvalue weighted by Gasteiger charge is -2.34. The van der Waals surface area contributed by atoms with Crippen LogP contribution < -0.4 is 0 Å². The van der Waals surface area contributed by atoms with Crippen molar-refractivity contribution in [2.24, 2.45) is 5.92 Å². The van der Waals surface area contributed by atoms with Crippen molar-refractivity contribution in [3.05, 3.63) is 35.4 Å². The number of benzene rings is 1. The van der Waals surface area contributed by atoms with E-state index in [-0.39, 0.29) is 18.5 Å². The summed E-state index contributed by atoms with van der Waals surface area (Å²) in [6, 6.07) is 8.05. The summed E-state index contributed by atoms with van der Waals surface area (Å²) in [5.74, 6) is -1.34. The monoisotopic (exact) mass is 325 g/mol. The minimum atomic E-state index is -0.800. The Morgan fingerprint density at radius 2 is 1.83 bits per heavy atom. The SMILES string of the molecule is C[C@H]1CCCC[C@H]1N1C(=O)C(=O)N(Cc2ccccc2C#N)C1=O. The topological polar surface area (TPSA) is 81.5 Å². The van der Waals surface area contributed by atoms with E-state index in [1.165, 1.54) is 0 Å². The van der Waals surface area contributed by atoms with E-state index >= 15 is 0 Å². The van der Waals surface area contributed by atoms with Gasteiger partial charge in [0.05, 0.1) is 18.2 Å². The molecule has 1 aromatic carbocycles. The van der Waals surface area contributed by atoms with Gasteiger partial charge < -0.3 is 0 Å². The Bertz CT molecular complexity index is 737. The molecule has 0 bridgehead atoms. The van der Waals surface area contributed by atoms with Crippen LogP contribution in [0.3, 0.4) is 0 Å². The number of imide groups is 2. The lowest BCUT2D eigenvalue weighted by molar-refractivity contribution is -0.144. The van der Waals surface area contributed by atoms with E-state index < -0.39 is 17.8 Å². The highest BCUT2D eigenvalue weighted by Crippen LogP contribution is 2.31. The molecule has 1 aromatic rings. The van der Waals surface area contributed by atoms with Crippen LogP contribution in [0.25, 0.3) is 0 Å². The van der Waals surface area contributed by atoms with Crippen LogP contribution in [0, 0.1) is 17.2 Å². The number of hydrogen-bond donors (Lipinski definition) is 0. The second-order valence-corrected chi connectivity index (χ2v) is 6.45. The van der Waals surface area contributed by atoms with E-state index in [0.717, 1.165) is 35.5 Å². The van der Waals surface area contributed by atoms with Crippen LogP contribution >= 0.6 is 0 Å². The van der Waals surface area contributed by atoms with Gasteiger partial charge in [-0.25, -0.2) is 4.79 Å². The summed E-state index contributed by atoms with van der Waals surface area (Å²) in [6.07, 6.45) is 3.74. The van der Waals surface area contributed by atoms with Gasteiger partial charge in [-0.3, -0.25) is 19.4 Å². The van der Waals surface area contributed by atoms with E-state index in [1.807, 2.05) is 13.0 Å². The molecule has 1 saturated heterocycles. The lowest BCUT2D eigenvalue weighted by Crippen LogP contribution is -2.46. The number of rotatable bonds is 3. The van der Waals surface area contributed by atoms with E-state index in [2.05, 4.69) is 0 Å². The van der Waals surface area contributed by atoms with Gasteiger partial charge in [-0.05, 0) is 30.4 Å². The molecular formula is C18H19N3O3. The van der Waals surface area contributed by atoms with Crippen molar-refractivity contribution in [2.45, 2.75) is 45.2 Å². The van der Waals surface area contributed by atoms with Gasteiger partial charge in [0.15, 0.2) is 0 Å². The predicted molar refractivity (Wildman–Crippen MR) is 85.4 cm³/mol. The van der Waals surface area contributed by atoms with Crippen molar-refractivity contribution >= 4 is 17.8 Å². The largest absolute Gasteiger partial charge is 0.334 e. The smallest absolute Gasteiger partial charge is 0.263 e. The summed E-state index contributed by atoms with van der Waals surface area (Å²) >= 11 is 0. The van der Waals surface area contributed by atoms with Crippen molar-refractivity contribution in [3.8, 4) is 6.07 Å². The maximum Gasteiger partial charge on any atom is 0.334 e. The van der Waals surface area contributed by atoms with Crippen LogP contribution in [0.1, 0.15) is 43.7 Å². The summed E-state index contributed by atoms with van der Waals surface area (Å²) in [5.41, 5.74) is 0.961. The highest BCUT2D eigenvalue weighted by atomic mass is 16.2. The Morgan fingerprint density at radius 3 is 2.54 bits per heavy atom. The van der Waals surface area contributed by atoms with Crippen molar-refractivity contribution < 1.29 is 14.4 Å². The third-order valence-electron chi connectivity index (χ3n) is 4.95. The molecule has 124 valence electrons. The molecule has 1 saturated carbocycles. The van der Waals surface area contributed by atoms with Gasteiger partial charge in [-0.1, -0.05) is 38.0 Å². The standard InChI is InChI=1S/C18H19N3O3/c1-12-6-2-5-9-15(12)21-17(23)16(22)20(18(21)24)11-14-8-4-3-7-13(14)10-19/h3-4,7-8,12,15H,2,5-6,9,11H2,1H3/t12-,15+/m0/s1. The first-order chi connectivity index (χ1) is 11.5. The Kier molecular flexibility index (Phi) is 4.34. The van der Waals surface area contributed by atoms with Crippen LogP contribution in [0.4, 0.5) is 4.79 Å². The second-order valence-electron chi connectivity index (χ2n) is 6.45. The van der Waals surface area contributed by atoms with E-state index in [0.29, 0.717) is 11.1 Å². The quantitative estimate of drug-likeness (QED) is 0.631. The predicted octanol–water partition coefficient (Wildman–Crippen LogP) is 2.43.